The van der Waals surface area contributed by atoms with E-state index in [9.17, 15) is 14.7 Å². The number of carbonyl (C=O) groups is 2. The molecular formula is C14H24N2O3S. The predicted molar refractivity (Wildman–Crippen MR) is 79.7 cm³/mol. The molecule has 2 fully saturated rings. The van der Waals surface area contributed by atoms with Crippen molar-refractivity contribution in [3.63, 3.8) is 0 Å². The van der Waals surface area contributed by atoms with Gasteiger partial charge in [0.15, 0.2) is 0 Å². The number of amides is 1. The van der Waals surface area contributed by atoms with Gasteiger partial charge in [0, 0.05) is 5.75 Å². The molecule has 0 saturated carbocycles. The van der Waals surface area contributed by atoms with Crippen molar-refractivity contribution in [1.82, 2.24) is 10.2 Å². The Morgan fingerprint density at radius 2 is 2.20 bits per heavy atom. The average Bonchev–Trinajstić information content (AvgIpc) is 3.05. The van der Waals surface area contributed by atoms with Gasteiger partial charge in [-0.3, -0.25) is 4.79 Å². The zero-order valence-corrected chi connectivity index (χ0v) is 13.0. The summed E-state index contributed by atoms with van der Waals surface area (Å²) in [7, 11) is 0. The molecular weight excluding hydrogens is 276 g/mol. The Morgan fingerprint density at radius 3 is 2.70 bits per heavy atom. The summed E-state index contributed by atoms with van der Waals surface area (Å²) in [5.41, 5.74) is -0.537. The van der Waals surface area contributed by atoms with E-state index in [1.54, 1.807) is 16.7 Å². The largest absolute Gasteiger partial charge is 0.480 e. The summed E-state index contributed by atoms with van der Waals surface area (Å²) < 4.78 is 0. The maximum Gasteiger partial charge on any atom is 0.327 e. The topological polar surface area (TPSA) is 69.6 Å². The van der Waals surface area contributed by atoms with Gasteiger partial charge in [-0.15, -0.1) is 11.8 Å². The molecule has 1 amide bonds. The van der Waals surface area contributed by atoms with Crippen molar-refractivity contribution in [2.45, 2.75) is 62.9 Å². The monoisotopic (exact) mass is 300 g/mol. The Morgan fingerprint density at radius 1 is 1.45 bits per heavy atom. The lowest BCUT2D eigenvalue weighted by Crippen LogP contribution is -2.59. The molecule has 0 aromatic rings. The zero-order valence-electron chi connectivity index (χ0n) is 12.2. The first-order valence-corrected chi connectivity index (χ1v) is 8.53. The number of rotatable bonds is 5. The van der Waals surface area contributed by atoms with Gasteiger partial charge in [-0.1, -0.05) is 20.3 Å². The van der Waals surface area contributed by atoms with Crippen LogP contribution in [0.3, 0.4) is 0 Å². The number of nitrogens with zero attached hydrogens (tertiary/aromatic N) is 1. The molecule has 0 radical (unpaired) electrons. The van der Waals surface area contributed by atoms with Crippen LogP contribution < -0.4 is 5.32 Å². The Kier molecular flexibility index (Phi) is 4.96. The third-order valence-corrected chi connectivity index (χ3v) is 5.76. The van der Waals surface area contributed by atoms with E-state index in [1.807, 2.05) is 6.92 Å². The smallest absolute Gasteiger partial charge is 0.327 e. The second kappa shape index (κ2) is 6.35. The van der Waals surface area contributed by atoms with Gasteiger partial charge in [-0.2, -0.15) is 0 Å². The summed E-state index contributed by atoms with van der Waals surface area (Å²) in [6.07, 6.45) is 4.34. The highest BCUT2D eigenvalue weighted by molar-refractivity contribution is 8.00. The van der Waals surface area contributed by atoms with Crippen LogP contribution in [0.5, 0.6) is 0 Å². The minimum absolute atomic E-state index is 0.00616. The van der Waals surface area contributed by atoms with Crippen LogP contribution in [0.15, 0.2) is 0 Å². The number of carboxylic acids is 1. The zero-order chi connectivity index (χ0) is 14.8. The van der Waals surface area contributed by atoms with Gasteiger partial charge >= 0.3 is 5.97 Å². The van der Waals surface area contributed by atoms with E-state index in [0.717, 1.165) is 38.6 Å². The van der Waals surface area contributed by atoms with Gasteiger partial charge in [0.25, 0.3) is 0 Å². The van der Waals surface area contributed by atoms with Gasteiger partial charge in [0.05, 0.1) is 10.9 Å². The highest BCUT2D eigenvalue weighted by atomic mass is 32.2. The van der Waals surface area contributed by atoms with Crippen LogP contribution in [0.4, 0.5) is 0 Å². The Balaban J connectivity index is 2.24. The molecule has 0 aromatic carbocycles. The molecule has 20 heavy (non-hydrogen) atoms. The van der Waals surface area contributed by atoms with E-state index < -0.39 is 17.6 Å². The third-order valence-electron chi connectivity index (χ3n) is 4.40. The van der Waals surface area contributed by atoms with Crippen molar-refractivity contribution < 1.29 is 14.7 Å². The number of hydrogen-bond acceptors (Lipinski definition) is 4. The fraction of sp³-hybridized carbons (Fsp3) is 0.857. The molecule has 2 N–H and O–H groups in total. The van der Waals surface area contributed by atoms with Crippen LogP contribution in [0.25, 0.3) is 0 Å². The van der Waals surface area contributed by atoms with Crippen LogP contribution >= 0.6 is 11.8 Å². The first-order valence-electron chi connectivity index (χ1n) is 7.48. The molecule has 2 heterocycles. The van der Waals surface area contributed by atoms with Gasteiger partial charge in [-0.05, 0) is 32.2 Å². The van der Waals surface area contributed by atoms with Crippen molar-refractivity contribution in [2.75, 3.05) is 12.3 Å². The Labute approximate surface area is 124 Å². The molecule has 0 bridgehead atoms. The normalized spacial score (nSPS) is 33.6. The second-order valence-corrected chi connectivity index (χ2v) is 6.82. The number of aliphatic carboxylic acids is 1. The van der Waals surface area contributed by atoms with E-state index in [-0.39, 0.29) is 11.3 Å². The van der Waals surface area contributed by atoms with Gasteiger partial charge < -0.3 is 15.3 Å². The first kappa shape index (κ1) is 15.6. The number of carboxylic acid groups (broad SMARTS) is 1. The maximum absolute atomic E-state index is 13.0. The molecule has 6 heteroatoms. The van der Waals surface area contributed by atoms with E-state index in [1.165, 1.54) is 0 Å². The van der Waals surface area contributed by atoms with Gasteiger partial charge in [0.2, 0.25) is 5.91 Å². The number of nitrogens with one attached hydrogen (secondary N) is 1. The molecule has 0 aliphatic carbocycles. The third kappa shape index (κ3) is 2.68. The summed E-state index contributed by atoms with van der Waals surface area (Å²) in [5, 5.41) is 12.7. The quantitative estimate of drug-likeness (QED) is 0.808. The molecule has 2 rings (SSSR count). The lowest BCUT2D eigenvalue weighted by atomic mass is 9.91. The summed E-state index contributed by atoms with van der Waals surface area (Å²) in [4.78, 5) is 26.1. The van der Waals surface area contributed by atoms with Crippen LogP contribution in [0.1, 0.15) is 46.0 Å². The Hall–Kier alpha value is -0.750. The number of hydrogen-bond donors (Lipinski definition) is 2. The predicted octanol–water partition coefficient (Wildman–Crippen LogP) is 1.67. The van der Waals surface area contributed by atoms with E-state index >= 15 is 0 Å². The second-order valence-electron chi connectivity index (χ2n) is 5.61. The van der Waals surface area contributed by atoms with Crippen LogP contribution in [-0.4, -0.2) is 51.1 Å². The first-order chi connectivity index (χ1) is 9.55. The molecule has 114 valence electrons. The lowest BCUT2D eigenvalue weighted by molar-refractivity contribution is -0.152. The number of thioether (sulfide) groups is 1. The highest BCUT2D eigenvalue weighted by Gasteiger charge is 2.49. The molecule has 0 aromatic heterocycles. The molecule has 3 unspecified atom stereocenters. The molecule has 0 spiro atoms. The van der Waals surface area contributed by atoms with Crippen LogP contribution in [-0.2, 0) is 9.59 Å². The van der Waals surface area contributed by atoms with E-state index in [0.29, 0.717) is 5.75 Å². The molecule has 3 atom stereocenters. The summed E-state index contributed by atoms with van der Waals surface area (Å²) in [5.74, 6) is -0.381. The van der Waals surface area contributed by atoms with Gasteiger partial charge in [-0.25, -0.2) is 4.79 Å². The van der Waals surface area contributed by atoms with E-state index in [2.05, 4.69) is 12.2 Å². The van der Waals surface area contributed by atoms with Crippen LogP contribution in [0.2, 0.25) is 0 Å². The van der Waals surface area contributed by atoms with Crippen molar-refractivity contribution in [3.8, 4) is 0 Å². The molecule has 2 aliphatic rings. The minimum atomic E-state index is -0.881. The van der Waals surface area contributed by atoms with Crippen molar-refractivity contribution in [2.24, 2.45) is 0 Å². The summed E-state index contributed by atoms with van der Waals surface area (Å²) >= 11 is 1.60. The highest BCUT2D eigenvalue weighted by Crippen LogP contribution is 2.36. The minimum Gasteiger partial charge on any atom is -0.480 e. The SMILES string of the molecule is CCCC1SCC(C(=O)O)N1C(=O)C1(CC)CCCN1. The van der Waals surface area contributed by atoms with E-state index in [4.69, 9.17) is 0 Å². The maximum atomic E-state index is 13.0. The molecule has 2 aliphatic heterocycles. The molecule has 5 nitrogen and oxygen atoms in total. The standard InChI is InChI=1S/C14H24N2O3S/c1-3-6-11-16(10(9-20-11)12(17)18)13(19)14(4-2)7-5-8-15-14/h10-11,15H,3-9H2,1-2H3,(H,17,18). The van der Waals surface area contributed by atoms with Gasteiger partial charge in [0.1, 0.15) is 6.04 Å². The summed E-state index contributed by atoms with van der Waals surface area (Å²) in [6.45, 7) is 4.92. The summed E-state index contributed by atoms with van der Waals surface area (Å²) in [6, 6.07) is -0.671. The average molecular weight is 300 g/mol. The fourth-order valence-electron chi connectivity index (χ4n) is 3.18. The van der Waals surface area contributed by atoms with Crippen molar-refractivity contribution in [3.05, 3.63) is 0 Å². The van der Waals surface area contributed by atoms with Crippen molar-refractivity contribution >= 4 is 23.6 Å². The van der Waals surface area contributed by atoms with Crippen molar-refractivity contribution in [1.29, 1.82) is 0 Å². The fourth-order valence-corrected chi connectivity index (χ4v) is 4.70. The molecule has 2 saturated heterocycles. The van der Waals surface area contributed by atoms with Crippen LogP contribution in [0, 0.1) is 0 Å². The Bertz CT molecular complexity index is 383. The lowest BCUT2D eigenvalue weighted by Gasteiger charge is -2.36. The number of carbonyl (C=O) groups excluding carboxylic acids is 1.